The van der Waals surface area contributed by atoms with E-state index in [4.69, 9.17) is 4.74 Å². The van der Waals surface area contributed by atoms with Crippen molar-refractivity contribution in [2.45, 2.75) is 104 Å². The van der Waals surface area contributed by atoms with Gasteiger partial charge in [-0.2, -0.15) is 15.0 Å². The smallest absolute Gasteiger partial charge is 0.321 e. The van der Waals surface area contributed by atoms with Crippen LogP contribution in [0.3, 0.4) is 0 Å². The summed E-state index contributed by atoms with van der Waals surface area (Å²) in [5.74, 6) is -0.291. The average Bonchev–Trinajstić information content (AvgIpc) is 2.78. The summed E-state index contributed by atoms with van der Waals surface area (Å²) in [6, 6.07) is 0.103. The van der Waals surface area contributed by atoms with E-state index in [9.17, 15) is 9.59 Å². The summed E-state index contributed by atoms with van der Waals surface area (Å²) in [7, 11) is 0. The van der Waals surface area contributed by atoms with Crippen molar-refractivity contribution in [1.82, 2.24) is 25.6 Å². The Hall–Kier alpha value is -2.13. The summed E-state index contributed by atoms with van der Waals surface area (Å²) in [4.78, 5) is 41.4. The van der Waals surface area contributed by atoms with Crippen LogP contribution >= 0.6 is 0 Å². The molecule has 0 spiro atoms. The van der Waals surface area contributed by atoms with Gasteiger partial charge >= 0.3 is 6.01 Å². The molecule has 0 bridgehead atoms. The molecule has 9 nitrogen and oxygen atoms in total. The van der Waals surface area contributed by atoms with E-state index in [1.807, 2.05) is 69.2 Å². The molecule has 2 saturated heterocycles. The molecule has 1 aromatic rings. The van der Waals surface area contributed by atoms with E-state index < -0.39 is 28.2 Å². The zero-order chi connectivity index (χ0) is 22.9. The average molecular weight is 419 g/mol. The van der Waals surface area contributed by atoms with E-state index in [0.717, 1.165) is 0 Å². The lowest BCUT2D eigenvalue weighted by Crippen LogP contribution is -2.49. The number of Topliss-reactive ketones (excluding diaryl/α,β-unsaturated/α-hetero) is 1. The van der Waals surface area contributed by atoms with Gasteiger partial charge < -0.3 is 4.74 Å². The number of nitrogens with zero attached hydrogens (tertiary/aromatic N) is 4. The Morgan fingerprint density at radius 2 is 1.50 bits per heavy atom. The maximum atomic E-state index is 13.2. The molecule has 1 aromatic heterocycles. The number of rotatable bonds is 4. The fourth-order valence-electron chi connectivity index (χ4n) is 4.67. The zero-order valence-corrected chi connectivity index (χ0v) is 19.7. The van der Waals surface area contributed by atoms with Crippen molar-refractivity contribution in [3.8, 4) is 6.01 Å². The van der Waals surface area contributed by atoms with Gasteiger partial charge in [-0.25, -0.2) is 0 Å². The Kier molecular flexibility index (Phi) is 5.02. The number of ketones is 1. The number of nitrogens with one attached hydrogen (secondary N) is 2. The number of ether oxygens (including phenoxy) is 1. The maximum Gasteiger partial charge on any atom is 0.321 e. The molecule has 0 aliphatic carbocycles. The first-order valence-electron chi connectivity index (χ1n) is 10.4. The van der Waals surface area contributed by atoms with Crippen LogP contribution < -0.4 is 20.3 Å². The highest BCUT2D eigenvalue weighted by molar-refractivity contribution is 6.02. The van der Waals surface area contributed by atoms with Gasteiger partial charge in [0.2, 0.25) is 5.95 Å². The zero-order valence-electron chi connectivity index (χ0n) is 19.7. The Morgan fingerprint density at radius 3 is 1.93 bits per heavy atom. The summed E-state index contributed by atoms with van der Waals surface area (Å²) in [6.45, 7) is 18.8. The van der Waals surface area contributed by atoms with E-state index in [2.05, 4.69) is 25.6 Å². The van der Waals surface area contributed by atoms with Gasteiger partial charge in [-0.15, -0.1) is 0 Å². The van der Waals surface area contributed by atoms with Gasteiger partial charge in [0, 0.05) is 5.54 Å². The minimum Gasteiger partial charge on any atom is -0.461 e. The summed E-state index contributed by atoms with van der Waals surface area (Å²) >= 11 is 0. The van der Waals surface area contributed by atoms with Crippen LogP contribution in [0.2, 0.25) is 0 Å². The Labute approximate surface area is 178 Å². The monoisotopic (exact) mass is 418 g/mol. The third-order valence-electron chi connectivity index (χ3n) is 5.57. The van der Waals surface area contributed by atoms with E-state index in [-0.39, 0.29) is 29.8 Å². The highest BCUT2D eigenvalue weighted by Crippen LogP contribution is 2.40. The molecular weight excluding hydrogens is 384 g/mol. The van der Waals surface area contributed by atoms with Gasteiger partial charge in [0.25, 0.3) is 5.91 Å². The highest BCUT2D eigenvalue weighted by Gasteiger charge is 2.55. The summed E-state index contributed by atoms with van der Waals surface area (Å²) < 4.78 is 5.77. The van der Waals surface area contributed by atoms with Crippen LogP contribution in [0, 0.1) is 0 Å². The molecule has 2 aliphatic rings. The molecule has 2 N–H and O–H groups in total. The largest absolute Gasteiger partial charge is 0.461 e. The Balaban J connectivity index is 2.17. The predicted octanol–water partition coefficient (Wildman–Crippen LogP) is 1.92. The number of anilines is 1. The second-order valence-corrected chi connectivity index (χ2v) is 10.7. The molecule has 3 heterocycles. The molecule has 30 heavy (non-hydrogen) atoms. The predicted molar refractivity (Wildman–Crippen MR) is 113 cm³/mol. The van der Waals surface area contributed by atoms with Crippen LogP contribution in [0.5, 0.6) is 6.01 Å². The summed E-state index contributed by atoms with van der Waals surface area (Å²) in [5, 5.41) is 6.68. The molecule has 2 fully saturated rings. The molecule has 1 amide bonds. The van der Waals surface area contributed by atoms with Gasteiger partial charge in [0.05, 0.1) is 28.8 Å². The molecule has 0 radical (unpaired) electrons. The van der Waals surface area contributed by atoms with Crippen LogP contribution in [0.1, 0.15) is 81.0 Å². The number of carbonyl (C=O) groups is 2. The summed E-state index contributed by atoms with van der Waals surface area (Å²) in [5.41, 5.74) is -2.79. The number of hydrogen-bond acceptors (Lipinski definition) is 8. The SMILES string of the molecule is CC(C)Oc1nc(C2C(=O)C(C)(C)NC2(C)C)nc(N2C(=O)C(C)(C)NC2(C)C)n1. The summed E-state index contributed by atoms with van der Waals surface area (Å²) in [6.07, 6.45) is -0.174. The third kappa shape index (κ3) is 3.69. The lowest BCUT2D eigenvalue weighted by Gasteiger charge is -2.30. The molecule has 1 atom stereocenters. The maximum absolute atomic E-state index is 13.2. The van der Waals surface area contributed by atoms with Crippen molar-refractivity contribution >= 4 is 17.6 Å². The molecule has 2 aliphatic heterocycles. The first-order chi connectivity index (χ1) is 13.5. The number of aromatic nitrogens is 3. The minimum atomic E-state index is -0.776. The molecule has 166 valence electrons. The second-order valence-electron chi connectivity index (χ2n) is 10.7. The van der Waals surface area contributed by atoms with Gasteiger partial charge in [0.15, 0.2) is 5.78 Å². The number of hydrogen-bond donors (Lipinski definition) is 2. The van der Waals surface area contributed by atoms with Crippen molar-refractivity contribution in [2.75, 3.05) is 4.90 Å². The van der Waals surface area contributed by atoms with E-state index in [1.165, 1.54) is 4.90 Å². The van der Waals surface area contributed by atoms with Crippen molar-refractivity contribution in [1.29, 1.82) is 0 Å². The van der Waals surface area contributed by atoms with Gasteiger partial charge in [0.1, 0.15) is 5.82 Å². The third-order valence-corrected chi connectivity index (χ3v) is 5.57. The minimum absolute atomic E-state index is 0.00869. The molecule has 0 aromatic carbocycles. The lowest BCUT2D eigenvalue weighted by molar-refractivity contribution is -0.123. The topological polar surface area (TPSA) is 109 Å². The molecular formula is C21H34N6O3. The van der Waals surface area contributed by atoms with Crippen molar-refractivity contribution < 1.29 is 14.3 Å². The molecule has 0 saturated carbocycles. The molecule has 1 unspecified atom stereocenters. The number of carbonyl (C=O) groups excluding carboxylic acids is 2. The van der Waals surface area contributed by atoms with Crippen molar-refractivity contribution in [3.63, 3.8) is 0 Å². The van der Waals surface area contributed by atoms with Crippen LogP contribution in [-0.4, -0.2) is 55.0 Å². The van der Waals surface area contributed by atoms with E-state index in [0.29, 0.717) is 5.82 Å². The lowest BCUT2D eigenvalue weighted by atomic mass is 9.85. The second kappa shape index (κ2) is 6.68. The Morgan fingerprint density at radius 1 is 0.900 bits per heavy atom. The fraction of sp³-hybridized carbons (Fsp3) is 0.762. The van der Waals surface area contributed by atoms with Crippen molar-refractivity contribution in [3.05, 3.63) is 5.82 Å². The van der Waals surface area contributed by atoms with E-state index in [1.54, 1.807) is 0 Å². The molecule has 3 rings (SSSR count). The van der Waals surface area contributed by atoms with Gasteiger partial charge in [-0.3, -0.25) is 25.1 Å². The fourth-order valence-corrected chi connectivity index (χ4v) is 4.67. The van der Waals surface area contributed by atoms with Crippen LogP contribution in [0.25, 0.3) is 0 Å². The standard InChI is InChI=1S/C21H34N6O3/c1-11(2)30-17-23-14(12-13(28)19(5,6)25-18(12,3)4)22-16(24-17)27-15(29)20(7,8)26-21(27,9)10/h11-12,25-26H,1-10H3. The highest BCUT2D eigenvalue weighted by atomic mass is 16.5. The van der Waals surface area contributed by atoms with E-state index >= 15 is 0 Å². The Bertz CT molecular complexity index is 826. The van der Waals surface area contributed by atoms with Gasteiger partial charge in [-0.1, -0.05) is 0 Å². The van der Waals surface area contributed by atoms with Crippen LogP contribution in [0.15, 0.2) is 0 Å². The van der Waals surface area contributed by atoms with Crippen LogP contribution in [0.4, 0.5) is 5.95 Å². The molecule has 9 heteroatoms. The quantitative estimate of drug-likeness (QED) is 0.763. The number of amides is 1. The first kappa shape index (κ1) is 22.6. The van der Waals surface area contributed by atoms with Crippen molar-refractivity contribution in [2.24, 2.45) is 0 Å². The van der Waals surface area contributed by atoms with Crippen LogP contribution in [-0.2, 0) is 9.59 Å². The first-order valence-corrected chi connectivity index (χ1v) is 10.4. The van der Waals surface area contributed by atoms with Gasteiger partial charge in [-0.05, 0) is 69.2 Å². The normalized spacial score (nSPS) is 26.5.